The fraction of sp³-hybridized carbons (Fsp3) is 0.625. The molecule has 1 aliphatic heterocycles. The maximum absolute atomic E-state index is 12.7. The molecule has 1 heterocycles. The minimum Gasteiger partial charge on any atom is -0.480 e. The van der Waals surface area contributed by atoms with Crippen molar-refractivity contribution in [3.05, 3.63) is 0 Å². The molecule has 0 aromatic carbocycles. The van der Waals surface area contributed by atoms with E-state index in [0.717, 1.165) is 0 Å². The number of hydrogen-bond donors (Lipinski definition) is 6. The Hall–Kier alpha value is -3.22. The second kappa shape index (κ2) is 10.9. The van der Waals surface area contributed by atoms with Crippen molar-refractivity contribution in [2.24, 2.45) is 17.2 Å². The van der Waals surface area contributed by atoms with E-state index in [-0.39, 0.29) is 25.8 Å². The molecule has 5 amide bonds. The Kier molecular flexibility index (Phi) is 8.99. The third-order valence-corrected chi connectivity index (χ3v) is 4.30. The van der Waals surface area contributed by atoms with Crippen molar-refractivity contribution in [1.29, 1.82) is 0 Å². The van der Waals surface area contributed by atoms with E-state index < -0.39 is 60.2 Å². The summed E-state index contributed by atoms with van der Waals surface area (Å²) < 4.78 is 0. The van der Waals surface area contributed by atoms with E-state index in [1.54, 1.807) is 0 Å². The van der Waals surface area contributed by atoms with Crippen molar-refractivity contribution in [2.45, 2.75) is 50.2 Å². The fourth-order valence-electron chi connectivity index (χ4n) is 2.93. The largest absolute Gasteiger partial charge is 0.480 e. The first-order valence-electron chi connectivity index (χ1n) is 8.95. The Balaban J connectivity index is 2.83. The zero-order valence-electron chi connectivity index (χ0n) is 15.8. The average molecular weight is 414 g/mol. The summed E-state index contributed by atoms with van der Waals surface area (Å²) in [6.07, 6.45) is 0.0730. The first-order valence-corrected chi connectivity index (χ1v) is 8.95. The van der Waals surface area contributed by atoms with E-state index in [1.165, 1.54) is 4.90 Å². The molecule has 162 valence electrons. The van der Waals surface area contributed by atoms with Crippen LogP contribution in [0.25, 0.3) is 0 Å². The number of carboxylic acid groups (broad SMARTS) is 1. The van der Waals surface area contributed by atoms with Crippen LogP contribution >= 0.6 is 0 Å². The lowest BCUT2D eigenvalue weighted by Gasteiger charge is -2.28. The van der Waals surface area contributed by atoms with Crippen LogP contribution in [-0.2, 0) is 28.8 Å². The lowest BCUT2D eigenvalue weighted by Crippen LogP contribution is -2.55. The molecule has 0 aromatic rings. The lowest BCUT2D eigenvalue weighted by atomic mass is 10.1. The van der Waals surface area contributed by atoms with Gasteiger partial charge in [0.25, 0.3) is 0 Å². The lowest BCUT2D eigenvalue weighted by molar-refractivity contribution is -0.141. The van der Waals surface area contributed by atoms with Crippen molar-refractivity contribution in [1.82, 2.24) is 15.5 Å². The molecular formula is C16H26N6O7. The van der Waals surface area contributed by atoms with Crippen molar-refractivity contribution in [2.75, 3.05) is 13.1 Å². The van der Waals surface area contributed by atoms with E-state index in [2.05, 4.69) is 10.6 Å². The number of carboxylic acids is 1. The number of aliphatic carboxylic acids is 1. The summed E-state index contributed by atoms with van der Waals surface area (Å²) in [7, 11) is 0. The summed E-state index contributed by atoms with van der Waals surface area (Å²) >= 11 is 0. The standard InChI is InChI=1S/C16H26N6O7/c17-8(6-12(19)24)16(29)22-5-1-2-10(22)15(28)21-9(3-4-11(18)23)14(27)20-7-13(25)26/h8-10H,1-7,17H2,(H2,18,23)(H2,19,24)(H,20,27)(H,21,28)(H,25,26). The molecule has 0 radical (unpaired) electrons. The Labute approximate surface area is 166 Å². The van der Waals surface area contributed by atoms with E-state index >= 15 is 0 Å². The molecule has 1 rings (SSSR count). The van der Waals surface area contributed by atoms with Crippen molar-refractivity contribution in [3.63, 3.8) is 0 Å². The average Bonchev–Trinajstić information content (AvgIpc) is 3.11. The second-order valence-corrected chi connectivity index (χ2v) is 6.64. The van der Waals surface area contributed by atoms with Gasteiger partial charge in [-0.1, -0.05) is 0 Å². The van der Waals surface area contributed by atoms with Crippen LogP contribution < -0.4 is 27.8 Å². The molecule has 1 aliphatic rings. The molecule has 0 aromatic heterocycles. The normalized spacial score (nSPS) is 17.8. The van der Waals surface area contributed by atoms with Crippen LogP contribution in [0.2, 0.25) is 0 Å². The number of carbonyl (C=O) groups excluding carboxylic acids is 5. The van der Waals surface area contributed by atoms with Gasteiger partial charge in [-0.3, -0.25) is 28.8 Å². The predicted octanol–water partition coefficient (Wildman–Crippen LogP) is -3.87. The minimum absolute atomic E-state index is 0.144. The summed E-state index contributed by atoms with van der Waals surface area (Å²) in [6, 6.07) is -3.33. The van der Waals surface area contributed by atoms with Gasteiger partial charge in [0.05, 0.1) is 12.5 Å². The molecule has 0 spiro atoms. The van der Waals surface area contributed by atoms with Crippen molar-refractivity contribution >= 4 is 35.5 Å². The third-order valence-electron chi connectivity index (χ3n) is 4.30. The van der Waals surface area contributed by atoms with Crippen LogP contribution in [-0.4, -0.2) is 76.7 Å². The first kappa shape index (κ1) is 23.8. The molecule has 0 saturated carbocycles. The molecule has 13 nitrogen and oxygen atoms in total. The number of nitrogens with two attached hydrogens (primary N) is 3. The van der Waals surface area contributed by atoms with Crippen LogP contribution in [0.15, 0.2) is 0 Å². The zero-order valence-corrected chi connectivity index (χ0v) is 15.8. The van der Waals surface area contributed by atoms with Gasteiger partial charge in [0.1, 0.15) is 18.6 Å². The van der Waals surface area contributed by atoms with Gasteiger partial charge >= 0.3 is 5.97 Å². The van der Waals surface area contributed by atoms with Gasteiger partial charge in [0, 0.05) is 13.0 Å². The van der Waals surface area contributed by atoms with E-state index in [4.69, 9.17) is 22.3 Å². The monoisotopic (exact) mass is 414 g/mol. The molecule has 0 bridgehead atoms. The van der Waals surface area contributed by atoms with Crippen LogP contribution in [0.5, 0.6) is 0 Å². The van der Waals surface area contributed by atoms with Gasteiger partial charge in [0.15, 0.2) is 0 Å². The van der Waals surface area contributed by atoms with Gasteiger partial charge in [-0.25, -0.2) is 0 Å². The first-order chi connectivity index (χ1) is 13.5. The SMILES string of the molecule is NC(=O)CCC(NC(=O)C1CCCN1C(=O)C(N)CC(N)=O)C(=O)NCC(=O)O. The minimum atomic E-state index is -1.28. The highest BCUT2D eigenvalue weighted by Crippen LogP contribution is 2.19. The molecular weight excluding hydrogens is 388 g/mol. The number of hydrogen-bond acceptors (Lipinski definition) is 7. The quantitative estimate of drug-likeness (QED) is 0.195. The van der Waals surface area contributed by atoms with Gasteiger partial charge in [-0.2, -0.15) is 0 Å². The molecule has 9 N–H and O–H groups in total. The number of rotatable bonds is 11. The highest BCUT2D eigenvalue weighted by atomic mass is 16.4. The topological polar surface area (TPSA) is 228 Å². The number of primary amides is 2. The fourth-order valence-corrected chi connectivity index (χ4v) is 2.93. The van der Waals surface area contributed by atoms with Crippen molar-refractivity contribution in [3.8, 4) is 0 Å². The summed E-state index contributed by atoms with van der Waals surface area (Å²) in [5.74, 6) is -4.83. The van der Waals surface area contributed by atoms with Gasteiger partial charge in [-0.05, 0) is 19.3 Å². The Morgan fingerprint density at radius 1 is 1.10 bits per heavy atom. The highest BCUT2D eigenvalue weighted by Gasteiger charge is 2.37. The molecule has 29 heavy (non-hydrogen) atoms. The van der Waals surface area contributed by atoms with Gasteiger partial charge in [-0.15, -0.1) is 0 Å². The molecule has 0 aliphatic carbocycles. The summed E-state index contributed by atoms with van der Waals surface area (Å²) in [4.78, 5) is 71.0. The van der Waals surface area contributed by atoms with Crippen LogP contribution in [0, 0.1) is 0 Å². The second-order valence-electron chi connectivity index (χ2n) is 6.64. The van der Waals surface area contributed by atoms with Gasteiger partial charge in [0.2, 0.25) is 29.5 Å². The molecule has 3 unspecified atom stereocenters. The molecule has 3 atom stereocenters. The van der Waals surface area contributed by atoms with Gasteiger partial charge < -0.3 is 37.8 Å². The van der Waals surface area contributed by atoms with E-state index in [9.17, 15) is 28.8 Å². The van der Waals surface area contributed by atoms with Crippen LogP contribution in [0.3, 0.4) is 0 Å². The number of amides is 5. The smallest absolute Gasteiger partial charge is 0.322 e. The maximum atomic E-state index is 12.7. The highest BCUT2D eigenvalue weighted by molar-refractivity contribution is 5.95. The zero-order chi connectivity index (χ0) is 22.1. The Bertz CT molecular complexity index is 683. The molecule has 1 saturated heterocycles. The number of nitrogens with one attached hydrogen (secondary N) is 2. The summed E-state index contributed by atoms with van der Waals surface area (Å²) in [6.45, 7) is -0.432. The van der Waals surface area contributed by atoms with E-state index in [1.807, 2.05) is 0 Å². The molecule has 1 fully saturated rings. The van der Waals surface area contributed by atoms with E-state index in [0.29, 0.717) is 12.8 Å². The van der Waals surface area contributed by atoms with Crippen LogP contribution in [0.1, 0.15) is 32.1 Å². The number of carbonyl (C=O) groups is 6. The molecule has 13 heteroatoms. The predicted molar refractivity (Wildman–Crippen MR) is 97.5 cm³/mol. The number of nitrogens with zero attached hydrogens (tertiary/aromatic N) is 1. The Morgan fingerprint density at radius 3 is 2.31 bits per heavy atom. The third kappa shape index (κ3) is 7.73. The van der Waals surface area contributed by atoms with Crippen molar-refractivity contribution < 1.29 is 33.9 Å². The van der Waals surface area contributed by atoms with Crippen LogP contribution in [0.4, 0.5) is 0 Å². The maximum Gasteiger partial charge on any atom is 0.322 e. The summed E-state index contributed by atoms with van der Waals surface area (Å²) in [5, 5.41) is 13.2. The number of likely N-dealkylation sites (tertiary alicyclic amines) is 1. The Morgan fingerprint density at radius 2 is 1.76 bits per heavy atom. The summed E-state index contributed by atoms with van der Waals surface area (Å²) in [5.41, 5.74) is 15.8.